The summed E-state index contributed by atoms with van der Waals surface area (Å²) in [6.07, 6.45) is 6.01. The number of hydrogen-bond donors (Lipinski definition) is 0. The molecule has 1 aromatic heterocycles. The minimum atomic E-state index is -0.552. The van der Waals surface area contributed by atoms with Gasteiger partial charge in [0.1, 0.15) is 0 Å². The number of rotatable bonds is 12. The van der Waals surface area contributed by atoms with Gasteiger partial charge in [0.25, 0.3) is 0 Å². The van der Waals surface area contributed by atoms with Gasteiger partial charge in [0.05, 0.1) is 33.4 Å². The van der Waals surface area contributed by atoms with Crippen molar-refractivity contribution in [3.05, 3.63) is 23.9 Å². The van der Waals surface area contributed by atoms with Crippen molar-refractivity contribution in [1.82, 2.24) is 9.88 Å². The quantitative estimate of drug-likeness (QED) is 0.438. The van der Waals surface area contributed by atoms with Crippen molar-refractivity contribution in [3.8, 4) is 5.88 Å². The van der Waals surface area contributed by atoms with Crippen LogP contribution in [0, 0.1) is 5.92 Å². The van der Waals surface area contributed by atoms with E-state index in [4.69, 9.17) is 18.9 Å². The Kier molecular flexibility index (Phi) is 9.09. The third-order valence-corrected chi connectivity index (χ3v) is 6.74. The standard InChI is InChI=1S/C25H38N2O6/c1-5-31-23(28)16-19(21-8-9-22(30-4)26-17-21)7-6-12-27-18(2)15-20(24(27)29)10-11-25(3)32-13-14-33-25/h8-9,17-20H,5-7,10-16H2,1-4H3/t18?,19?,20-/m0/s1. The van der Waals surface area contributed by atoms with Crippen molar-refractivity contribution >= 4 is 11.9 Å². The van der Waals surface area contributed by atoms with Gasteiger partial charge in [-0.3, -0.25) is 9.59 Å². The average Bonchev–Trinajstić information content (AvgIpc) is 3.35. The molecule has 3 heterocycles. The Morgan fingerprint density at radius 1 is 1.33 bits per heavy atom. The predicted octanol–water partition coefficient (Wildman–Crippen LogP) is 3.69. The van der Waals surface area contributed by atoms with E-state index in [1.54, 1.807) is 13.3 Å². The molecular weight excluding hydrogens is 424 g/mol. The van der Waals surface area contributed by atoms with E-state index in [1.807, 2.05) is 30.9 Å². The molecule has 8 nitrogen and oxygen atoms in total. The first kappa shape index (κ1) is 25.4. The van der Waals surface area contributed by atoms with E-state index in [9.17, 15) is 9.59 Å². The molecule has 2 saturated heterocycles. The van der Waals surface area contributed by atoms with Gasteiger partial charge in [0, 0.05) is 37.2 Å². The van der Waals surface area contributed by atoms with E-state index in [0.29, 0.717) is 38.7 Å². The van der Waals surface area contributed by atoms with Crippen molar-refractivity contribution in [1.29, 1.82) is 0 Å². The molecule has 2 aliphatic rings. The van der Waals surface area contributed by atoms with Crippen LogP contribution in [0.2, 0.25) is 0 Å². The number of esters is 1. The summed E-state index contributed by atoms with van der Waals surface area (Å²) in [6, 6.07) is 3.97. The van der Waals surface area contributed by atoms with Crippen LogP contribution < -0.4 is 4.74 Å². The summed E-state index contributed by atoms with van der Waals surface area (Å²) >= 11 is 0. The molecule has 1 aromatic rings. The lowest BCUT2D eigenvalue weighted by Crippen LogP contribution is -2.34. The van der Waals surface area contributed by atoms with Crippen molar-refractivity contribution in [2.45, 2.75) is 77.0 Å². The van der Waals surface area contributed by atoms with Crippen LogP contribution in [-0.2, 0) is 23.8 Å². The van der Waals surface area contributed by atoms with Gasteiger partial charge in [-0.05, 0) is 57.9 Å². The average molecular weight is 463 g/mol. The second-order valence-electron chi connectivity index (χ2n) is 9.16. The van der Waals surface area contributed by atoms with Gasteiger partial charge in [0.2, 0.25) is 11.8 Å². The fourth-order valence-corrected chi connectivity index (χ4v) is 4.87. The van der Waals surface area contributed by atoms with E-state index in [2.05, 4.69) is 11.9 Å². The van der Waals surface area contributed by atoms with E-state index in [-0.39, 0.29) is 29.8 Å². The molecule has 0 N–H and O–H groups in total. The molecule has 0 radical (unpaired) electrons. The first-order valence-electron chi connectivity index (χ1n) is 12.1. The van der Waals surface area contributed by atoms with Crippen LogP contribution in [0.15, 0.2) is 18.3 Å². The highest BCUT2D eigenvalue weighted by Crippen LogP contribution is 2.34. The zero-order valence-electron chi connectivity index (χ0n) is 20.4. The molecule has 1 amide bonds. The molecule has 0 spiro atoms. The lowest BCUT2D eigenvalue weighted by Gasteiger charge is -2.24. The lowest BCUT2D eigenvalue weighted by atomic mass is 9.92. The molecule has 2 unspecified atom stereocenters. The molecule has 33 heavy (non-hydrogen) atoms. The largest absolute Gasteiger partial charge is 0.481 e. The minimum absolute atomic E-state index is 0.0112. The molecule has 184 valence electrons. The molecule has 0 saturated carbocycles. The van der Waals surface area contributed by atoms with Crippen LogP contribution >= 0.6 is 0 Å². The zero-order valence-corrected chi connectivity index (χ0v) is 20.4. The minimum Gasteiger partial charge on any atom is -0.481 e. The first-order chi connectivity index (χ1) is 15.8. The summed E-state index contributed by atoms with van der Waals surface area (Å²) < 4.78 is 21.7. The Labute approximate surface area is 196 Å². The lowest BCUT2D eigenvalue weighted by molar-refractivity contribution is -0.151. The maximum Gasteiger partial charge on any atom is 0.306 e. The van der Waals surface area contributed by atoms with Crippen molar-refractivity contribution < 1.29 is 28.5 Å². The van der Waals surface area contributed by atoms with Gasteiger partial charge in [-0.25, -0.2) is 4.98 Å². The summed E-state index contributed by atoms with van der Waals surface area (Å²) in [5.74, 6) is 0.00182. The summed E-state index contributed by atoms with van der Waals surface area (Å²) in [5, 5.41) is 0. The van der Waals surface area contributed by atoms with Gasteiger partial charge in [-0.15, -0.1) is 0 Å². The SMILES string of the molecule is CCOC(=O)CC(CCCN1C(=O)[C@@H](CCC2(C)OCCO2)CC1C)c1ccc(OC)nc1. The summed E-state index contributed by atoms with van der Waals surface area (Å²) in [7, 11) is 1.58. The zero-order chi connectivity index (χ0) is 23.8. The normalized spacial score (nSPS) is 23.0. The van der Waals surface area contributed by atoms with Crippen molar-refractivity contribution in [2.75, 3.05) is 33.5 Å². The van der Waals surface area contributed by atoms with Crippen molar-refractivity contribution in [2.24, 2.45) is 5.92 Å². The van der Waals surface area contributed by atoms with E-state index in [1.165, 1.54) is 0 Å². The number of hydrogen-bond acceptors (Lipinski definition) is 7. The smallest absolute Gasteiger partial charge is 0.306 e. The molecule has 3 atom stereocenters. The molecular formula is C25H38N2O6. The molecule has 0 bridgehead atoms. The second kappa shape index (κ2) is 11.8. The number of aromatic nitrogens is 1. The number of nitrogens with zero attached hydrogens (tertiary/aromatic N) is 2. The van der Waals surface area contributed by atoms with Gasteiger partial charge < -0.3 is 23.8 Å². The van der Waals surface area contributed by atoms with Crippen LogP contribution in [-0.4, -0.2) is 67.1 Å². The van der Waals surface area contributed by atoms with Gasteiger partial charge in [0.15, 0.2) is 5.79 Å². The maximum absolute atomic E-state index is 13.1. The summed E-state index contributed by atoms with van der Waals surface area (Å²) in [5.41, 5.74) is 0.979. The fraction of sp³-hybridized carbons (Fsp3) is 0.720. The highest BCUT2D eigenvalue weighted by atomic mass is 16.7. The second-order valence-corrected chi connectivity index (χ2v) is 9.16. The van der Waals surface area contributed by atoms with Crippen molar-refractivity contribution in [3.63, 3.8) is 0 Å². The summed E-state index contributed by atoms with van der Waals surface area (Å²) in [6.45, 7) is 8.17. The molecule has 3 rings (SSSR count). The van der Waals surface area contributed by atoms with Crippen LogP contribution in [0.25, 0.3) is 0 Å². The highest BCUT2D eigenvalue weighted by molar-refractivity contribution is 5.81. The third-order valence-electron chi connectivity index (χ3n) is 6.74. The van der Waals surface area contributed by atoms with E-state index >= 15 is 0 Å². The van der Waals surface area contributed by atoms with Gasteiger partial charge >= 0.3 is 5.97 Å². The fourth-order valence-electron chi connectivity index (χ4n) is 4.87. The first-order valence-corrected chi connectivity index (χ1v) is 12.1. The van der Waals surface area contributed by atoms with Crippen LogP contribution in [0.4, 0.5) is 0 Å². The van der Waals surface area contributed by atoms with Crippen LogP contribution in [0.1, 0.15) is 70.8 Å². The van der Waals surface area contributed by atoms with Crippen LogP contribution in [0.5, 0.6) is 5.88 Å². The predicted molar refractivity (Wildman–Crippen MR) is 123 cm³/mol. The molecule has 0 aromatic carbocycles. The Morgan fingerprint density at radius 2 is 2.09 bits per heavy atom. The Hall–Kier alpha value is -2.19. The number of amides is 1. The summed E-state index contributed by atoms with van der Waals surface area (Å²) in [4.78, 5) is 31.5. The number of ether oxygens (including phenoxy) is 4. The number of carbonyl (C=O) groups is 2. The number of methoxy groups -OCH3 is 1. The topological polar surface area (TPSA) is 87.2 Å². The Morgan fingerprint density at radius 3 is 2.73 bits per heavy atom. The van der Waals surface area contributed by atoms with Gasteiger partial charge in [-0.2, -0.15) is 0 Å². The van der Waals surface area contributed by atoms with E-state index in [0.717, 1.165) is 37.7 Å². The molecule has 2 fully saturated rings. The molecule has 2 aliphatic heterocycles. The number of carbonyl (C=O) groups excluding carboxylic acids is 2. The Bertz CT molecular complexity index is 778. The number of pyridine rings is 1. The van der Waals surface area contributed by atoms with Crippen LogP contribution in [0.3, 0.4) is 0 Å². The monoisotopic (exact) mass is 462 g/mol. The van der Waals surface area contributed by atoms with E-state index < -0.39 is 5.79 Å². The Balaban J connectivity index is 1.54. The third kappa shape index (κ3) is 6.90. The molecule has 8 heteroatoms. The van der Waals surface area contributed by atoms with Gasteiger partial charge in [-0.1, -0.05) is 6.07 Å². The highest BCUT2D eigenvalue weighted by Gasteiger charge is 2.39. The maximum atomic E-state index is 13.1. The molecule has 0 aliphatic carbocycles. The number of likely N-dealkylation sites (tertiary alicyclic amines) is 1.